The van der Waals surface area contributed by atoms with Gasteiger partial charge in [-0.2, -0.15) is 0 Å². The molecular formula is C21H26N2O. The van der Waals surface area contributed by atoms with E-state index < -0.39 is 0 Å². The van der Waals surface area contributed by atoms with Gasteiger partial charge in [0.1, 0.15) is 0 Å². The summed E-state index contributed by atoms with van der Waals surface area (Å²) in [5.41, 5.74) is 5.90. The van der Waals surface area contributed by atoms with E-state index in [4.69, 9.17) is 0 Å². The Hall–Kier alpha value is -2.13. The quantitative estimate of drug-likeness (QED) is 0.902. The average molecular weight is 322 g/mol. The Kier molecular flexibility index (Phi) is 4.72. The van der Waals surface area contributed by atoms with E-state index in [0.29, 0.717) is 6.42 Å². The number of benzene rings is 2. The molecule has 0 unspecified atom stereocenters. The van der Waals surface area contributed by atoms with Crippen molar-refractivity contribution < 1.29 is 4.79 Å². The average Bonchev–Trinajstić information content (AvgIpc) is 2.54. The van der Waals surface area contributed by atoms with Gasteiger partial charge in [0.2, 0.25) is 5.91 Å². The molecule has 0 saturated carbocycles. The summed E-state index contributed by atoms with van der Waals surface area (Å²) in [6, 6.07) is 14.4. The van der Waals surface area contributed by atoms with E-state index in [1.54, 1.807) is 0 Å². The number of anilines is 1. The first kappa shape index (κ1) is 16.7. The molecule has 0 fully saturated rings. The van der Waals surface area contributed by atoms with Crippen molar-refractivity contribution in [3.05, 3.63) is 64.7 Å². The Labute approximate surface area is 144 Å². The second-order valence-electron chi connectivity index (χ2n) is 7.50. The molecule has 1 amide bonds. The van der Waals surface area contributed by atoms with Crippen LogP contribution in [0.5, 0.6) is 0 Å². The number of para-hydroxylation sites is 1. The van der Waals surface area contributed by atoms with Crippen LogP contribution in [-0.2, 0) is 29.6 Å². The molecule has 1 aliphatic rings. The zero-order valence-corrected chi connectivity index (χ0v) is 14.8. The van der Waals surface area contributed by atoms with Crippen molar-refractivity contribution >= 4 is 11.6 Å². The molecule has 1 aliphatic heterocycles. The van der Waals surface area contributed by atoms with Gasteiger partial charge in [0.25, 0.3) is 0 Å². The fourth-order valence-corrected chi connectivity index (χ4v) is 3.39. The van der Waals surface area contributed by atoms with Gasteiger partial charge in [-0.3, -0.25) is 4.79 Å². The summed E-state index contributed by atoms with van der Waals surface area (Å²) < 4.78 is 0. The van der Waals surface area contributed by atoms with Crippen LogP contribution in [0.15, 0.2) is 42.5 Å². The predicted molar refractivity (Wildman–Crippen MR) is 99.3 cm³/mol. The normalized spacial score (nSPS) is 14.1. The van der Waals surface area contributed by atoms with E-state index in [1.807, 2.05) is 18.2 Å². The zero-order chi connectivity index (χ0) is 17.2. The van der Waals surface area contributed by atoms with Crippen molar-refractivity contribution in [1.29, 1.82) is 0 Å². The smallest absolute Gasteiger partial charge is 0.228 e. The molecule has 0 atom stereocenters. The van der Waals surface area contributed by atoms with Crippen LogP contribution in [0, 0.1) is 0 Å². The summed E-state index contributed by atoms with van der Waals surface area (Å²) in [6.07, 6.45) is 1.43. The number of rotatable bonds is 3. The summed E-state index contributed by atoms with van der Waals surface area (Å²) >= 11 is 0. The maximum absolute atomic E-state index is 12.6. The van der Waals surface area contributed by atoms with Crippen molar-refractivity contribution in [3.63, 3.8) is 0 Å². The second kappa shape index (κ2) is 6.78. The number of carbonyl (C=O) groups excluding carboxylic acids is 1. The fraction of sp³-hybridized carbons (Fsp3) is 0.381. The molecule has 0 aliphatic carbocycles. The minimum Gasteiger partial charge on any atom is -0.326 e. The van der Waals surface area contributed by atoms with Crippen molar-refractivity contribution in [2.45, 2.75) is 45.6 Å². The summed E-state index contributed by atoms with van der Waals surface area (Å²) in [5, 5.41) is 6.50. The lowest BCUT2D eigenvalue weighted by Crippen LogP contribution is -2.26. The maximum atomic E-state index is 12.6. The van der Waals surface area contributed by atoms with Crippen molar-refractivity contribution in [2.75, 3.05) is 11.9 Å². The Bertz CT molecular complexity index is 744. The molecule has 0 aromatic heterocycles. The van der Waals surface area contributed by atoms with Crippen LogP contribution in [0.25, 0.3) is 0 Å². The fourth-order valence-electron chi connectivity index (χ4n) is 3.39. The van der Waals surface area contributed by atoms with Gasteiger partial charge in [0.15, 0.2) is 0 Å². The number of hydrogen-bond acceptors (Lipinski definition) is 2. The molecule has 2 aromatic rings. The molecule has 1 heterocycles. The molecule has 3 nitrogen and oxygen atoms in total. The summed E-state index contributed by atoms with van der Waals surface area (Å²) in [6.45, 7) is 8.38. The molecule has 3 rings (SSSR count). The highest BCUT2D eigenvalue weighted by Crippen LogP contribution is 2.29. The van der Waals surface area contributed by atoms with Crippen molar-refractivity contribution in [3.8, 4) is 0 Å². The molecule has 0 saturated heterocycles. The van der Waals surface area contributed by atoms with E-state index in [9.17, 15) is 4.79 Å². The van der Waals surface area contributed by atoms with Gasteiger partial charge < -0.3 is 10.6 Å². The Morgan fingerprint density at radius 1 is 1.12 bits per heavy atom. The van der Waals surface area contributed by atoms with Crippen LogP contribution in [0.3, 0.4) is 0 Å². The number of nitrogens with one attached hydrogen (secondary N) is 2. The van der Waals surface area contributed by atoms with Crippen LogP contribution < -0.4 is 10.6 Å². The van der Waals surface area contributed by atoms with E-state index in [-0.39, 0.29) is 11.3 Å². The van der Waals surface area contributed by atoms with E-state index in [0.717, 1.165) is 36.3 Å². The molecule has 0 radical (unpaired) electrons. The topological polar surface area (TPSA) is 41.1 Å². The van der Waals surface area contributed by atoms with Gasteiger partial charge in [-0.25, -0.2) is 0 Å². The summed E-state index contributed by atoms with van der Waals surface area (Å²) in [7, 11) is 0. The molecule has 24 heavy (non-hydrogen) atoms. The first-order chi connectivity index (χ1) is 11.4. The molecule has 2 aromatic carbocycles. The monoisotopic (exact) mass is 322 g/mol. The largest absolute Gasteiger partial charge is 0.326 e. The molecule has 3 heteroatoms. The molecule has 2 N–H and O–H groups in total. The van der Waals surface area contributed by atoms with E-state index in [1.165, 1.54) is 11.1 Å². The third-order valence-electron chi connectivity index (χ3n) is 4.60. The minimum absolute atomic E-state index is 0.00144. The number of hydrogen-bond donors (Lipinski definition) is 2. The Morgan fingerprint density at radius 3 is 2.71 bits per heavy atom. The lowest BCUT2D eigenvalue weighted by Gasteiger charge is -2.23. The van der Waals surface area contributed by atoms with Gasteiger partial charge in [0, 0.05) is 12.2 Å². The Balaban J connectivity index is 1.78. The van der Waals surface area contributed by atoms with E-state index in [2.05, 4.69) is 55.7 Å². The number of amides is 1. The highest BCUT2D eigenvalue weighted by Gasteiger charge is 2.19. The number of carbonyl (C=O) groups is 1. The predicted octanol–water partition coefficient (Wildman–Crippen LogP) is 3.81. The summed E-state index contributed by atoms with van der Waals surface area (Å²) in [5.74, 6) is 0.0543. The second-order valence-corrected chi connectivity index (χ2v) is 7.50. The Morgan fingerprint density at radius 2 is 1.92 bits per heavy atom. The van der Waals surface area contributed by atoms with Crippen LogP contribution in [0.2, 0.25) is 0 Å². The van der Waals surface area contributed by atoms with Gasteiger partial charge in [-0.05, 0) is 46.7 Å². The van der Waals surface area contributed by atoms with Gasteiger partial charge in [-0.15, -0.1) is 0 Å². The first-order valence-corrected chi connectivity index (χ1v) is 8.65. The molecule has 126 valence electrons. The van der Waals surface area contributed by atoms with Crippen LogP contribution >= 0.6 is 0 Å². The van der Waals surface area contributed by atoms with Crippen molar-refractivity contribution in [2.24, 2.45) is 0 Å². The SMILES string of the molecule is CC(C)(C)c1ccccc1NC(=O)Cc1cccc2c1CCNC2. The highest BCUT2D eigenvalue weighted by molar-refractivity contribution is 5.93. The van der Waals surface area contributed by atoms with Gasteiger partial charge in [0.05, 0.1) is 6.42 Å². The molecule has 0 spiro atoms. The first-order valence-electron chi connectivity index (χ1n) is 8.65. The van der Waals surface area contributed by atoms with Crippen LogP contribution in [0.4, 0.5) is 5.69 Å². The lowest BCUT2D eigenvalue weighted by atomic mass is 9.85. The third-order valence-corrected chi connectivity index (χ3v) is 4.60. The van der Waals surface area contributed by atoms with Gasteiger partial charge in [-0.1, -0.05) is 57.2 Å². The molecular weight excluding hydrogens is 296 g/mol. The summed E-state index contributed by atoms with van der Waals surface area (Å²) in [4.78, 5) is 12.6. The highest BCUT2D eigenvalue weighted by atomic mass is 16.1. The third kappa shape index (κ3) is 3.68. The standard InChI is InChI=1S/C21H26N2O/c1-21(2,3)18-9-4-5-10-19(18)23-20(24)13-15-7-6-8-16-14-22-12-11-17(15)16/h4-10,22H,11-14H2,1-3H3,(H,23,24). The van der Waals surface area contributed by atoms with Crippen LogP contribution in [0.1, 0.15) is 43.0 Å². The van der Waals surface area contributed by atoms with Crippen LogP contribution in [-0.4, -0.2) is 12.5 Å². The molecule has 0 bridgehead atoms. The number of fused-ring (bicyclic) bond motifs is 1. The van der Waals surface area contributed by atoms with Gasteiger partial charge >= 0.3 is 0 Å². The minimum atomic E-state index is 0.00144. The lowest BCUT2D eigenvalue weighted by molar-refractivity contribution is -0.115. The van der Waals surface area contributed by atoms with Crippen molar-refractivity contribution in [1.82, 2.24) is 5.32 Å². The maximum Gasteiger partial charge on any atom is 0.228 e. The van der Waals surface area contributed by atoms with E-state index >= 15 is 0 Å². The zero-order valence-electron chi connectivity index (χ0n) is 14.8.